The van der Waals surface area contributed by atoms with Crippen LogP contribution < -0.4 is 5.32 Å². The van der Waals surface area contributed by atoms with Gasteiger partial charge in [-0.3, -0.25) is 0 Å². The van der Waals surface area contributed by atoms with Gasteiger partial charge in [-0.2, -0.15) is 0 Å². The second-order valence-corrected chi connectivity index (χ2v) is 2.81. The normalized spacial score (nSPS) is 13.0. The molecule has 0 aliphatic rings. The van der Waals surface area contributed by atoms with Crippen LogP contribution >= 0.6 is 11.6 Å². The molecule has 0 unspecified atom stereocenters. The van der Waals surface area contributed by atoms with E-state index in [9.17, 15) is 0 Å². The minimum Gasteiger partial charge on any atom is -0.313 e. The minimum atomic E-state index is 0.333. The van der Waals surface area contributed by atoms with E-state index < -0.39 is 0 Å². The highest BCUT2D eigenvalue weighted by molar-refractivity contribution is 6.29. The van der Waals surface area contributed by atoms with Crippen molar-refractivity contribution in [3.05, 3.63) is 29.0 Å². The number of hydrogen-bond donors (Lipinski definition) is 1. The molecule has 11 heavy (non-hydrogen) atoms. The number of pyridine rings is 1. The van der Waals surface area contributed by atoms with Crippen LogP contribution in [-0.4, -0.2) is 12.0 Å². The van der Waals surface area contributed by atoms with Gasteiger partial charge in [0.2, 0.25) is 0 Å². The fourth-order valence-electron chi connectivity index (χ4n) is 0.810. The first-order valence-corrected chi connectivity index (χ1v) is 3.90. The predicted octanol–water partition coefficient (Wildman–Crippen LogP) is 2.02. The van der Waals surface area contributed by atoms with Crippen LogP contribution in [0.3, 0.4) is 0 Å². The summed E-state index contributed by atoms with van der Waals surface area (Å²) >= 11 is 5.63. The van der Waals surface area contributed by atoms with Crippen molar-refractivity contribution in [3.8, 4) is 0 Å². The Balaban J connectivity index is 2.81. The summed E-state index contributed by atoms with van der Waals surface area (Å²) in [5, 5.41) is 3.66. The quantitative estimate of drug-likeness (QED) is 0.687. The molecule has 0 aliphatic carbocycles. The van der Waals surface area contributed by atoms with E-state index in [1.165, 1.54) is 0 Å². The van der Waals surface area contributed by atoms with Crippen LogP contribution in [0.5, 0.6) is 0 Å². The van der Waals surface area contributed by atoms with Gasteiger partial charge in [0.05, 0.1) is 0 Å². The summed E-state index contributed by atoms with van der Waals surface area (Å²) in [5.41, 5.74) is 1.15. The fourth-order valence-corrected chi connectivity index (χ4v) is 0.922. The third-order valence-corrected chi connectivity index (χ3v) is 1.91. The van der Waals surface area contributed by atoms with Gasteiger partial charge in [0.25, 0.3) is 0 Å². The molecule has 2 nitrogen and oxygen atoms in total. The van der Waals surface area contributed by atoms with E-state index in [-0.39, 0.29) is 0 Å². The van der Waals surface area contributed by atoms with Gasteiger partial charge in [0.1, 0.15) is 5.15 Å². The van der Waals surface area contributed by atoms with E-state index in [0.717, 1.165) is 5.56 Å². The molecule has 1 heterocycles. The Morgan fingerprint density at radius 2 is 2.27 bits per heavy atom. The van der Waals surface area contributed by atoms with E-state index in [2.05, 4.69) is 17.2 Å². The van der Waals surface area contributed by atoms with Crippen molar-refractivity contribution >= 4 is 11.6 Å². The van der Waals surface area contributed by atoms with Gasteiger partial charge in [-0.15, -0.1) is 0 Å². The van der Waals surface area contributed by atoms with E-state index in [4.69, 9.17) is 11.6 Å². The highest BCUT2D eigenvalue weighted by atomic mass is 35.5. The van der Waals surface area contributed by atoms with Gasteiger partial charge in [-0.1, -0.05) is 17.7 Å². The second kappa shape index (κ2) is 3.69. The Hall–Kier alpha value is -0.600. The van der Waals surface area contributed by atoms with Crippen molar-refractivity contribution in [1.82, 2.24) is 10.3 Å². The summed E-state index contributed by atoms with van der Waals surface area (Å²) in [6, 6.07) is 4.10. The summed E-state index contributed by atoms with van der Waals surface area (Å²) in [6.07, 6.45) is 1.78. The molecule has 1 rings (SSSR count). The zero-order valence-corrected chi connectivity index (χ0v) is 7.39. The molecule has 1 atom stereocenters. The minimum absolute atomic E-state index is 0.333. The average Bonchev–Trinajstić information content (AvgIpc) is 2.05. The van der Waals surface area contributed by atoms with E-state index in [1.807, 2.05) is 13.1 Å². The molecule has 1 N–H and O–H groups in total. The second-order valence-electron chi connectivity index (χ2n) is 2.42. The number of rotatable bonds is 2. The van der Waals surface area contributed by atoms with Crippen LogP contribution in [-0.2, 0) is 0 Å². The molecule has 0 bridgehead atoms. The molecular formula is C8H11ClN2. The lowest BCUT2D eigenvalue weighted by atomic mass is 10.1. The predicted molar refractivity (Wildman–Crippen MR) is 46.7 cm³/mol. The van der Waals surface area contributed by atoms with Gasteiger partial charge in [-0.25, -0.2) is 4.98 Å². The summed E-state index contributed by atoms with van der Waals surface area (Å²) < 4.78 is 0. The Morgan fingerprint density at radius 3 is 2.73 bits per heavy atom. The lowest BCUT2D eigenvalue weighted by molar-refractivity contribution is 0.649. The molecule has 1 aromatic rings. The molecule has 0 fully saturated rings. The molecular weight excluding hydrogens is 160 g/mol. The van der Waals surface area contributed by atoms with Crippen molar-refractivity contribution in [2.45, 2.75) is 13.0 Å². The first-order chi connectivity index (χ1) is 5.24. The maximum absolute atomic E-state index is 5.63. The number of hydrogen-bond acceptors (Lipinski definition) is 2. The number of nitrogens with zero attached hydrogens (tertiary/aromatic N) is 1. The maximum Gasteiger partial charge on any atom is 0.129 e. The van der Waals surface area contributed by atoms with Crippen LogP contribution in [0.4, 0.5) is 0 Å². The van der Waals surface area contributed by atoms with Crippen LogP contribution in [0.25, 0.3) is 0 Å². The average molecular weight is 171 g/mol. The van der Waals surface area contributed by atoms with Gasteiger partial charge in [0.15, 0.2) is 0 Å². The standard InChI is InChI=1S/C8H11ClN2/c1-6(10-2)7-3-4-8(9)11-5-7/h3-6,10H,1-2H3/t6-/m1/s1. The summed E-state index contributed by atoms with van der Waals surface area (Å²) in [4.78, 5) is 3.97. The molecule has 3 heteroatoms. The maximum atomic E-state index is 5.63. The third-order valence-electron chi connectivity index (χ3n) is 1.68. The monoisotopic (exact) mass is 170 g/mol. The van der Waals surface area contributed by atoms with Gasteiger partial charge >= 0.3 is 0 Å². The fraction of sp³-hybridized carbons (Fsp3) is 0.375. The number of aromatic nitrogens is 1. The molecule has 0 aromatic carbocycles. The van der Waals surface area contributed by atoms with Gasteiger partial charge < -0.3 is 5.32 Å². The highest BCUT2D eigenvalue weighted by Crippen LogP contribution is 2.12. The summed E-state index contributed by atoms with van der Waals surface area (Å²) in [7, 11) is 1.92. The van der Waals surface area contributed by atoms with Crippen LogP contribution in [0.1, 0.15) is 18.5 Å². The number of halogens is 1. The van der Waals surface area contributed by atoms with Crippen molar-refractivity contribution in [1.29, 1.82) is 0 Å². The lowest BCUT2D eigenvalue weighted by Gasteiger charge is -2.08. The number of nitrogens with one attached hydrogen (secondary N) is 1. The largest absolute Gasteiger partial charge is 0.313 e. The molecule has 60 valence electrons. The molecule has 0 aliphatic heterocycles. The topological polar surface area (TPSA) is 24.9 Å². The summed E-state index contributed by atoms with van der Waals surface area (Å²) in [5.74, 6) is 0. The SMILES string of the molecule is CN[C@H](C)c1ccc(Cl)nc1. The Bertz CT molecular complexity index is 220. The molecule has 0 spiro atoms. The van der Waals surface area contributed by atoms with E-state index >= 15 is 0 Å². The lowest BCUT2D eigenvalue weighted by Crippen LogP contribution is -2.12. The van der Waals surface area contributed by atoms with Crippen LogP contribution in [0, 0.1) is 0 Å². The van der Waals surface area contributed by atoms with Crippen molar-refractivity contribution in [2.24, 2.45) is 0 Å². The Labute approximate surface area is 71.6 Å². The van der Waals surface area contributed by atoms with E-state index in [0.29, 0.717) is 11.2 Å². The first kappa shape index (κ1) is 8.50. The molecule has 0 radical (unpaired) electrons. The van der Waals surface area contributed by atoms with E-state index in [1.54, 1.807) is 12.3 Å². The van der Waals surface area contributed by atoms with Crippen molar-refractivity contribution in [2.75, 3.05) is 7.05 Å². The van der Waals surface area contributed by atoms with Gasteiger partial charge in [0, 0.05) is 12.2 Å². The molecule has 0 saturated carbocycles. The van der Waals surface area contributed by atoms with Gasteiger partial charge in [-0.05, 0) is 25.6 Å². The Morgan fingerprint density at radius 1 is 1.55 bits per heavy atom. The first-order valence-electron chi connectivity index (χ1n) is 3.52. The van der Waals surface area contributed by atoms with Crippen LogP contribution in [0.2, 0.25) is 5.15 Å². The third kappa shape index (κ3) is 2.17. The molecule has 1 aromatic heterocycles. The van der Waals surface area contributed by atoms with Crippen molar-refractivity contribution in [3.63, 3.8) is 0 Å². The smallest absolute Gasteiger partial charge is 0.129 e. The zero-order chi connectivity index (χ0) is 8.27. The molecule has 0 amide bonds. The Kier molecular flexibility index (Phi) is 2.85. The summed E-state index contributed by atoms with van der Waals surface area (Å²) in [6.45, 7) is 2.07. The van der Waals surface area contributed by atoms with Crippen LogP contribution in [0.15, 0.2) is 18.3 Å². The van der Waals surface area contributed by atoms with Crippen molar-refractivity contribution < 1.29 is 0 Å². The highest BCUT2D eigenvalue weighted by Gasteiger charge is 2.00. The molecule has 0 saturated heterocycles. The zero-order valence-electron chi connectivity index (χ0n) is 6.63.